The number of pyridine rings is 1. The van der Waals surface area contributed by atoms with Gasteiger partial charge in [0.1, 0.15) is 5.82 Å². The van der Waals surface area contributed by atoms with Crippen LogP contribution in [-0.2, 0) is 37.3 Å². The number of aryl methyl sites for hydroxylation is 1. The van der Waals surface area contributed by atoms with Crippen molar-refractivity contribution in [3.63, 3.8) is 0 Å². The standard InChI is InChI=1S/C85H73N4OSi.Pt/c1-56-48-69(57-26-14-11-15-27-57)82(70(49-56)59-28-24-29-61(50-59)84(5,6)7)88-55-87(73-37-21-22-38-74(73)88)62-30-25-31-63(51-62)90-64-44-45-67-76(52-64)89(79-53-72(85(8,9)10)71(54-86-79)58-40-42-60(43-41-58)83(2,3)4)75-46-47-78-81(80(67)75)68-36-20-23-39-77(68)91(78,65-32-16-12-17-33-65)66-34-18-13-19-35-66;/h11-50,53-55H,1-10H3;/q-3;. The van der Waals surface area contributed by atoms with Crippen molar-refractivity contribution in [1.82, 2.24) is 9.55 Å². The smallest absolute Gasteiger partial charge is 0.180 e. The fraction of sp³-hybridized carbons (Fsp3) is 0.153. The second-order valence-electron chi connectivity index (χ2n) is 27.7. The van der Waals surface area contributed by atoms with Gasteiger partial charge in [0.05, 0.1) is 0 Å². The monoisotopic (exact) mass is 1390 g/mol. The van der Waals surface area contributed by atoms with Crippen molar-refractivity contribution in [3.8, 4) is 61.8 Å². The van der Waals surface area contributed by atoms with Crippen molar-refractivity contribution >= 4 is 73.4 Å². The molecule has 0 amide bonds. The second kappa shape index (κ2) is 23.1. The Hall–Kier alpha value is -9.32. The van der Waals surface area contributed by atoms with E-state index in [0.29, 0.717) is 11.5 Å². The van der Waals surface area contributed by atoms with Crippen molar-refractivity contribution in [2.75, 3.05) is 9.80 Å². The van der Waals surface area contributed by atoms with E-state index < -0.39 is 8.07 Å². The van der Waals surface area contributed by atoms with Crippen LogP contribution in [0.2, 0.25) is 0 Å². The first-order chi connectivity index (χ1) is 43.9. The van der Waals surface area contributed by atoms with Crippen molar-refractivity contribution in [2.45, 2.75) is 85.5 Å². The maximum absolute atomic E-state index is 7.07. The number of ether oxygens (including phenoxy) is 1. The number of fused-ring (bicyclic) bond motifs is 8. The molecule has 7 heteroatoms. The maximum Gasteiger partial charge on any atom is 0.180 e. The predicted octanol–water partition coefficient (Wildman–Crippen LogP) is 19.5. The van der Waals surface area contributed by atoms with E-state index >= 15 is 0 Å². The Labute approximate surface area is 558 Å². The number of hydrogen-bond donors (Lipinski definition) is 0. The molecule has 2 aliphatic rings. The van der Waals surface area contributed by atoms with Crippen LogP contribution < -0.4 is 35.3 Å². The van der Waals surface area contributed by atoms with Crippen molar-refractivity contribution in [2.24, 2.45) is 0 Å². The number of anilines is 4. The number of benzene rings is 11. The van der Waals surface area contributed by atoms with Gasteiger partial charge in [-0.3, -0.25) is 0 Å². The van der Waals surface area contributed by atoms with Crippen LogP contribution in [0.25, 0.3) is 72.1 Å². The quantitative estimate of drug-likeness (QED) is 0.101. The van der Waals surface area contributed by atoms with Gasteiger partial charge in [0.25, 0.3) is 0 Å². The Balaban J connectivity index is 0.00000735. The normalized spacial score (nSPS) is 13.5. The molecule has 456 valence electrons. The van der Waals surface area contributed by atoms with Crippen LogP contribution in [0, 0.1) is 25.7 Å². The average Bonchev–Trinajstić information content (AvgIpc) is 1.50. The molecule has 0 aliphatic carbocycles. The number of rotatable bonds is 10. The van der Waals surface area contributed by atoms with Crippen LogP contribution >= 0.6 is 0 Å². The summed E-state index contributed by atoms with van der Waals surface area (Å²) in [6.07, 6.45) is 2.09. The first-order valence-corrected chi connectivity index (χ1v) is 33.8. The zero-order valence-corrected chi connectivity index (χ0v) is 57.1. The summed E-state index contributed by atoms with van der Waals surface area (Å²) in [5, 5.41) is 7.76. The Morgan fingerprint density at radius 3 is 1.72 bits per heavy atom. The summed E-state index contributed by atoms with van der Waals surface area (Å²) in [5.41, 5.74) is 20.3. The largest absolute Gasteiger partial charge is 0.509 e. The first kappa shape index (κ1) is 60.2. The molecule has 15 rings (SSSR count). The third kappa shape index (κ3) is 10.2. The molecule has 0 N–H and O–H groups in total. The van der Waals surface area contributed by atoms with Crippen molar-refractivity contribution in [3.05, 3.63) is 296 Å². The van der Waals surface area contributed by atoms with Gasteiger partial charge in [-0.15, -0.1) is 48.1 Å². The van der Waals surface area contributed by atoms with Crippen LogP contribution in [0.4, 0.5) is 22.7 Å². The van der Waals surface area contributed by atoms with E-state index in [4.69, 9.17) is 9.72 Å². The van der Waals surface area contributed by atoms with Gasteiger partial charge in [-0.2, -0.15) is 12.1 Å². The molecule has 4 heterocycles. The number of para-hydroxylation sites is 2. The molecule has 2 aliphatic heterocycles. The van der Waals surface area contributed by atoms with Crippen LogP contribution in [0.15, 0.2) is 255 Å². The summed E-state index contributed by atoms with van der Waals surface area (Å²) in [4.78, 5) is 10.1. The molecule has 0 saturated carbocycles. The van der Waals surface area contributed by atoms with Crippen molar-refractivity contribution in [1.29, 1.82) is 0 Å². The summed E-state index contributed by atoms with van der Waals surface area (Å²) in [6.45, 7) is 25.0. The Morgan fingerprint density at radius 2 is 1.04 bits per heavy atom. The van der Waals surface area contributed by atoms with Gasteiger partial charge in [-0.1, -0.05) is 250 Å². The summed E-state index contributed by atoms with van der Waals surface area (Å²) in [5.74, 6) is 1.98. The minimum atomic E-state index is -2.84. The van der Waals surface area contributed by atoms with E-state index in [1.54, 1.807) is 0 Å². The van der Waals surface area contributed by atoms with E-state index in [0.717, 1.165) is 72.8 Å². The predicted molar refractivity (Wildman–Crippen MR) is 384 cm³/mol. The molecule has 0 radical (unpaired) electrons. The third-order valence-corrected chi connectivity index (χ3v) is 23.6. The van der Waals surface area contributed by atoms with Gasteiger partial charge < -0.3 is 19.1 Å². The fourth-order valence-corrected chi connectivity index (χ4v) is 19.5. The molecule has 13 aromatic rings. The van der Waals surface area contributed by atoms with E-state index in [9.17, 15) is 0 Å². The fourth-order valence-electron chi connectivity index (χ4n) is 14.3. The molecule has 0 spiro atoms. The van der Waals surface area contributed by atoms with Crippen LogP contribution in [0.1, 0.15) is 84.6 Å². The molecule has 0 saturated heterocycles. The van der Waals surface area contributed by atoms with Gasteiger partial charge >= 0.3 is 0 Å². The Bertz CT molecular complexity index is 4920. The zero-order valence-electron chi connectivity index (χ0n) is 53.8. The molecule has 5 nitrogen and oxygen atoms in total. The Kier molecular flexibility index (Phi) is 15.1. The summed E-state index contributed by atoms with van der Waals surface area (Å²) in [6, 6.07) is 99.2. The van der Waals surface area contributed by atoms with Crippen LogP contribution in [0.5, 0.6) is 11.5 Å². The summed E-state index contributed by atoms with van der Waals surface area (Å²) >= 11 is 0. The van der Waals surface area contributed by atoms with Gasteiger partial charge in [0.2, 0.25) is 0 Å². The first-order valence-electron chi connectivity index (χ1n) is 31.8. The summed E-state index contributed by atoms with van der Waals surface area (Å²) < 4.78 is 9.41. The van der Waals surface area contributed by atoms with Gasteiger partial charge in [0, 0.05) is 78.0 Å². The van der Waals surface area contributed by atoms with Crippen LogP contribution in [0.3, 0.4) is 0 Å². The maximum atomic E-state index is 7.07. The van der Waals surface area contributed by atoms with Crippen LogP contribution in [-0.4, -0.2) is 17.6 Å². The molecule has 92 heavy (non-hydrogen) atoms. The topological polar surface area (TPSA) is 33.5 Å². The van der Waals surface area contributed by atoms with E-state index in [-0.39, 0.29) is 37.3 Å². The summed E-state index contributed by atoms with van der Waals surface area (Å²) in [7, 11) is -2.84. The van der Waals surface area contributed by atoms with E-state index in [1.165, 1.54) is 65.1 Å². The zero-order chi connectivity index (χ0) is 62.6. The molecule has 0 fully saturated rings. The Morgan fingerprint density at radius 1 is 0.457 bits per heavy atom. The number of nitrogens with zero attached hydrogens (tertiary/aromatic N) is 4. The second-order valence-corrected chi connectivity index (χ2v) is 31.5. The minimum Gasteiger partial charge on any atom is -0.509 e. The minimum absolute atomic E-state index is 0. The molecule has 0 atom stereocenters. The molecule has 2 aromatic heterocycles. The number of aromatic nitrogens is 2. The molecular weight excluding hydrogens is 1320 g/mol. The molecular formula is C85H73N4OPtSi-3. The van der Waals surface area contributed by atoms with E-state index in [1.807, 2.05) is 6.07 Å². The van der Waals surface area contributed by atoms with E-state index in [2.05, 4.69) is 351 Å². The SMILES string of the molecule is Cc1cc(-c2ccccc2)c(N2[CH-]N(c3[c-]c(Oc4[c-]c5c(cc4)c4c6c(ccc4n5-c4cc(C(C)(C)C)c(-c5ccc(C(C)(C)C)cc5)cn4)[Si](c4ccccc4)(c4ccccc4)c4ccccc4-6)ccc3)c3ccccc32)c(-c2cccc(C(C)(C)C)c2)c1.[Pt]. The van der Waals surface area contributed by atoms with Crippen molar-refractivity contribution < 1.29 is 25.8 Å². The average molecular weight is 1390 g/mol. The molecule has 0 bridgehead atoms. The van der Waals surface area contributed by atoms with Gasteiger partial charge in [0.15, 0.2) is 8.07 Å². The number of hydrogen-bond acceptors (Lipinski definition) is 4. The third-order valence-electron chi connectivity index (χ3n) is 18.7. The molecule has 0 unspecified atom stereocenters. The molecule has 11 aromatic carbocycles. The van der Waals surface area contributed by atoms with Gasteiger partial charge in [-0.25, -0.2) is 4.98 Å². The van der Waals surface area contributed by atoms with Gasteiger partial charge in [-0.05, 0) is 136 Å².